The Morgan fingerprint density at radius 3 is 2.51 bits per heavy atom. The van der Waals surface area contributed by atoms with Gasteiger partial charge in [-0.3, -0.25) is 0 Å². The predicted octanol–water partition coefficient (Wildman–Crippen LogP) is 4.88. The quantitative estimate of drug-likeness (QED) is 0.423. The number of hydrogen-bond acceptors (Lipinski definition) is 7. The van der Waals surface area contributed by atoms with Crippen molar-refractivity contribution in [2.24, 2.45) is 5.41 Å². The number of rotatable bonds is 10. The van der Waals surface area contributed by atoms with Gasteiger partial charge in [-0.25, -0.2) is 17.6 Å². The summed E-state index contributed by atoms with van der Waals surface area (Å²) in [5.74, 6) is -1.66. The first-order chi connectivity index (χ1) is 16.6. The number of benzene rings is 2. The molecule has 2 aromatic rings. The molecule has 0 amide bonds. The van der Waals surface area contributed by atoms with Crippen LogP contribution in [0.15, 0.2) is 46.2 Å². The summed E-state index contributed by atoms with van der Waals surface area (Å²) in [4.78, 5) is 13.6. The monoisotopic (exact) mass is 525 g/mol. The number of unbranched alkanes of at least 4 members (excludes halogenated alkanes) is 1. The molecule has 3 rings (SSSR count). The van der Waals surface area contributed by atoms with E-state index in [2.05, 4.69) is 6.92 Å². The fourth-order valence-corrected chi connectivity index (χ4v) is 7.12. The smallest absolute Gasteiger partial charge is 0.336 e. The van der Waals surface area contributed by atoms with Crippen molar-refractivity contribution in [2.75, 3.05) is 30.1 Å². The minimum Gasteiger partial charge on any atom is -0.489 e. The van der Waals surface area contributed by atoms with E-state index in [9.17, 15) is 22.7 Å². The molecule has 0 fully saturated rings. The second-order valence-electron chi connectivity index (χ2n) is 8.91. The van der Waals surface area contributed by atoms with E-state index < -0.39 is 33.9 Å². The number of carboxylic acid groups (broad SMARTS) is 1. The van der Waals surface area contributed by atoms with E-state index in [1.54, 1.807) is 24.5 Å². The van der Waals surface area contributed by atoms with Crippen LogP contribution in [0.3, 0.4) is 0 Å². The molecular formula is C25H32FNO6S2. The standard InChI is InChI=1S/C25H32FNO6S2/c1-4-6-11-25(5-2)15-27(18-9-7-17(26)8-10-18)19-12-22(34-3)21(33-14-20(28)24(29)30)13-23(19)35(31,32)16-25/h7-10,12-13,20,28H,4-6,11,14-16H2,1-3H3,(H,29,30)/t20-,25+/m0/s1. The zero-order valence-electron chi connectivity index (χ0n) is 20.2. The number of carboxylic acids is 1. The second-order valence-corrected chi connectivity index (χ2v) is 11.7. The van der Waals surface area contributed by atoms with E-state index >= 15 is 0 Å². The van der Waals surface area contributed by atoms with Crippen molar-refractivity contribution in [2.45, 2.75) is 55.4 Å². The fourth-order valence-electron chi connectivity index (χ4n) is 4.40. The highest BCUT2D eigenvalue weighted by Crippen LogP contribution is 2.47. The SMILES string of the molecule is CCCC[C@]1(CC)CN(c2ccc(F)cc2)c2cc(SC)c(OC[C@H](O)C(=O)O)cc2S(=O)(=O)C1. The van der Waals surface area contributed by atoms with E-state index in [-0.39, 0.29) is 22.2 Å². The predicted molar refractivity (Wildman–Crippen MR) is 135 cm³/mol. The maximum Gasteiger partial charge on any atom is 0.336 e. The molecule has 0 spiro atoms. The van der Waals surface area contributed by atoms with Crippen LogP contribution in [0.4, 0.5) is 15.8 Å². The van der Waals surface area contributed by atoms with Crippen LogP contribution in [0.1, 0.15) is 39.5 Å². The van der Waals surface area contributed by atoms with Crippen LogP contribution in [0.5, 0.6) is 5.75 Å². The zero-order valence-corrected chi connectivity index (χ0v) is 21.8. The lowest BCUT2D eigenvalue weighted by atomic mass is 9.81. The molecule has 35 heavy (non-hydrogen) atoms. The number of aliphatic hydroxyl groups excluding tert-OH is 1. The highest BCUT2D eigenvalue weighted by Gasteiger charge is 2.42. The van der Waals surface area contributed by atoms with Gasteiger partial charge in [0.2, 0.25) is 0 Å². The Balaban J connectivity index is 2.20. The molecule has 7 nitrogen and oxygen atoms in total. The van der Waals surface area contributed by atoms with Gasteiger partial charge in [0.15, 0.2) is 15.9 Å². The Kier molecular flexibility index (Phi) is 8.72. The Morgan fingerprint density at radius 2 is 1.94 bits per heavy atom. The molecule has 1 aliphatic heterocycles. The van der Waals surface area contributed by atoms with Crippen molar-refractivity contribution in [3.05, 3.63) is 42.2 Å². The van der Waals surface area contributed by atoms with Gasteiger partial charge in [0, 0.05) is 23.7 Å². The molecule has 2 N–H and O–H groups in total. The molecule has 0 saturated carbocycles. The average molecular weight is 526 g/mol. The molecule has 0 unspecified atom stereocenters. The van der Waals surface area contributed by atoms with Gasteiger partial charge in [-0.2, -0.15) is 0 Å². The van der Waals surface area contributed by atoms with E-state index in [0.717, 1.165) is 19.3 Å². The summed E-state index contributed by atoms with van der Waals surface area (Å²) < 4.78 is 46.8. The molecule has 0 aliphatic carbocycles. The topological polar surface area (TPSA) is 104 Å². The Labute approximate surface area is 210 Å². The average Bonchev–Trinajstić information content (AvgIpc) is 2.93. The first kappa shape index (κ1) is 27.3. The van der Waals surface area contributed by atoms with E-state index in [0.29, 0.717) is 29.2 Å². The summed E-state index contributed by atoms with van der Waals surface area (Å²) in [6.45, 7) is 4.01. The molecule has 192 valence electrons. The van der Waals surface area contributed by atoms with Gasteiger partial charge in [0.05, 0.1) is 21.2 Å². The largest absolute Gasteiger partial charge is 0.489 e. The summed E-state index contributed by atoms with van der Waals surface area (Å²) in [6.07, 6.45) is 3.27. The van der Waals surface area contributed by atoms with Gasteiger partial charge >= 0.3 is 5.97 Å². The molecule has 2 aromatic carbocycles. The third-order valence-corrected chi connectivity index (χ3v) is 9.24. The van der Waals surface area contributed by atoms with Gasteiger partial charge in [-0.15, -0.1) is 11.8 Å². The number of anilines is 2. The Hall–Kier alpha value is -2.30. The summed E-state index contributed by atoms with van der Waals surface area (Å²) in [6, 6.07) is 9.14. The Bertz CT molecular complexity index is 1160. The molecule has 0 radical (unpaired) electrons. The number of nitrogens with zero attached hydrogens (tertiary/aromatic N) is 1. The maximum absolute atomic E-state index is 13.8. The van der Waals surface area contributed by atoms with Crippen LogP contribution < -0.4 is 9.64 Å². The maximum atomic E-state index is 13.8. The molecule has 1 heterocycles. The number of thioether (sulfide) groups is 1. The zero-order chi connectivity index (χ0) is 25.8. The molecule has 1 aliphatic rings. The first-order valence-corrected chi connectivity index (χ1v) is 14.4. The molecule has 2 atom stereocenters. The summed E-state index contributed by atoms with van der Waals surface area (Å²) in [7, 11) is -3.76. The van der Waals surface area contributed by atoms with Gasteiger partial charge < -0.3 is 19.8 Å². The van der Waals surface area contributed by atoms with E-state index in [4.69, 9.17) is 9.84 Å². The number of halogens is 1. The number of carbonyl (C=O) groups is 1. The molecule has 0 bridgehead atoms. The number of hydrogen-bond donors (Lipinski definition) is 2. The van der Waals surface area contributed by atoms with Crippen LogP contribution in [-0.2, 0) is 14.6 Å². The van der Waals surface area contributed by atoms with E-state index in [1.807, 2.05) is 11.8 Å². The molecule has 0 aromatic heterocycles. The van der Waals surface area contributed by atoms with Crippen LogP contribution in [0.25, 0.3) is 0 Å². The minimum atomic E-state index is -3.76. The van der Waals surface area contributed by atoms with Crippen molar-refractivity contribution < 1.29 is 32.6 Å². The second kappa shape index (κ2) is 11.2. The normalized spacial score (nSPS) is 20.1. The molecule has 10 heteroatoms. The van der Waals surface area contributed by atoms with Gasteiger partial charge in [-0.05, 0) is 49.4 Å². The lowest BCUT2D eigenvalue weighted by molar-refractivity contribution is -0.148. The lowest BCUT2D eigenvalue weighted by Gasteiger charge is -2.36. The van der Waals surface area contributed by atoms with Crippen molar-refractivity contribution >= 4 is 38.9 Å². The van der Waals surface area contributed by atoms with Gasteiger partial charge in [0.25, 0.3) is 0 Å². The number of ether oxygens (including phenoxy) is 1. The number of sulfone groups is 1. The molecule has 0 saturated heterocycles. The van der Waals surface area contributed by atoms with Crippen LogP contribution >= 0.6 is 11.8 Å². The number of aliphatic hydroxyl groups is 1. The summed E-state index contributed by atoms with van der Waals surface area (Å²) in [5, 5.41) is 18.6. The summed E-state index contributed by atoms with van der Waals surface area (Å²) in [5.41, 5.74) is 0.641. The third-order valence-electron chi connectivity index (χ3n) is 6.49. The minimum absolute atomic E-state index is 0.0446. The van der Waals surface area contributed by atoms with E-state index in [1.165, 1.54) is 30.0 Å². The summed E-state index contributed by atoms with van der Waals surface area (Å²) >= 11 is 1.32. The lowest BCUT2D eigenvalue weighted by Crippen LogP contribution is -2.37. The number of aliphatic carboxylic acids is 1. The Morgan fingerprint density at radius 1 is 1.26 bits per heavy atom. The van der Waals surface area contributed by atoms with Crippen LogP contribution in [-0.4, -0.2) is 55.9 Å². The van der Waals surface area contributed by atoms with Crippen molar-refractivity contribution in [1.82, 2.24) is 0 Å². The molecular weight excluding hydrogens is 493 g/mol. The van der Waals surface area contributed by atoms with Crippen molar-refractivity contribution in [1.29, 1.82) is 0 Å². The highest BCUT2D eigenvalue weighted by atomic mass is 32.2. The number of fused-ring (bicyclic) bond motifs is 1. The van der Waals surface area contributed by atoms with Crippen LogP contribution in [0, 0.1) is 11.2 Å². The first-order valence-electron chi connectivity index (χ1n) is 11.6. The van der Waals surface area contributed by atoms with Crippen molar-refractivity contribution in [3.63, 3.8) is 0 Å². The van der Waals surface area contributed by atoms with Crippen molar-refractivity contribution in [3.8, 4) is 5.75 Å². The third kappa shape index (κ3) is 6.10. The highest BCUT2D eigenvalue weighted by molar-refractivity contribution is 7.98. The van der Waals surface area contributed by atoms with Gasteiger partial charge in [0.1, 0.15) is 18.2 Å². The van der Waals surface area contributed by atoms with Crippen LogP contribution in [0.2, 0.25) is 0 Å². The van der Waals surface area contributed by atoms with Gasteiger partial charge in [-0.1, -0.05) is 26.7 Å². The fraction of sp³-hybridized carbons (Fsp3) is 0.480.